The molecule has 0 amide bonds. The van der Waals surface area contributed by atoms with E-state index in [0.717, 1.165) is 12.8 Å². The number of aliphatic hydroxyl groups is 1. The number of hydrogen-bond acceptors (Lipinski definition) is 8. The summed E-state index contributed by atoms with van der Waals surface area (Å²) in [5.74, 6) is -0.425. The summed E-state index contributed by atoms with van der Waals surface area (Å²) in [5.41, 5.74) is 0.0835. The predicted octanol–water partition coefficient (Wildman–Crippen LogP) is 4.73. The molecule has 0 aliphatic rings. The van der Waals surface area contributed by atoms with E-state index in [0.29, 0.717) is 23.5 Å². The summed E-state index contributed by atoms with van der Waals surface area (Å²) < 4.78 is 23.1. The van der Waals surface area contributed by atoms with E-state index in [4.69, 9.17) is 18.9 Å². The Bertz CT molecular complexity index is 860. The second-order valence-corrected chi connectivity index (χ2v) is 9.32. The average molecular weight is 505 g/mol. The second kappa shape index (κ2) is 16.3. The number of thioether (sulfide) groups is 1. The van der Waals surface area contributed by atoms with Gasteiger partial charge in [-0.1, -0.05) is 56.7 Å². The maximum absolute atomic E-state index is 12.8. The highest BCUT2D eigenvalue weighted by Gasteiger charge is 2.32. The predicted molar refractivity (Wildman–Crippen MR) is 137 cm³/mol. The van der Waals surface area contributed by atoms with Gasteiger partial charge in [0.2, 0.25) is 0 Å². The van der Waals surface area contributed by atoms with E-state index in [-0.39, 0.29) is 13.2 Å². The Hall–Kier alpha value is -2.39. The number of ether oxygens (including phenoxy) is 4. The van der Waals surface area contributed by atoms with Gasteiger partial charge in [-0.3, -0.25) is 0 Å². The molecule has 2 aromatic carbocycles. The molecule has 0 saturated carbocycles. The van der Waals surface area contributed by atoms with E-state index < -0.39 is 35.7 Å². The first-order valence-corrected chi connectivity index (χ1v) is 13.0. The van der Waals surface area contributed by atoms with Crippen molar-refractivity contribution in [3.05, 3.63) is 71.8 Å². The maximum atomic E-state index is 12.8. The first-order valence-electron chi connectivity index (χ1n) is 12.0. The van der Waals surface area contributed by atoms with Crippen molar-refractivity contribution < 1.29 is 33.6 Å². The van der Waals surface area contributed by atoms with Crippen LogP contribution in [0.3, 0.4) is 0 Å². The van der Waals surface area contributed by atoms with Crippen molar-refractivity contribution in [2.24, 2.45) is 0 Å². The summed E-state index contributed by atoms with van der Waals surface area (Å²) in [6, 6.07) is 17.2. The highest BCUT2D eigenvalue weighted by Crippen LogP contribution is 2.24. The zero-order valence-corrected chi connectivity index (χ0v) is 21.4. The number of benzene rings is 2. The van der Waals surface area contributed by atoms with Crippen LogP contribution in [0.25, 0.3) is 0 Å². The third-order valence-electron chi connectivity index (χ3n) is 5.06. The minimum absolute atomic E-state index is 0.196. The molecular formula is C27H36O7S. The summed E-state index contributed by atoms with van der Waals surface area (Å²) in [6.45, 7) is 6.21. The van der Waals surface area contributed by atoms with Gasteiger partial charge >= 0.3 is 11.9 Å². The van der Waals surface area contributed by atoms with Gasteiger partial charge in [0, 0.05) is 6.61 Å². The highest BCUT2D eigenvalue weighted by molar-refractivity contribution is 7.99. The Balaban J connectivity index is 2.17. The molecule has 35 heavy (non-hydrogen) atoms. The first-order chi connectivity index (χ1) is 17.0. The molecule has 4 atom stereocenters. The van der Waals surface area contributed by atoms with Crippen molar-refractivity contribution in [1.82, 2.24) is 0 Å². The van der Waals surface area contributed by atoms with Gasteiger partial charge in [0.05, 0.1) is 23.8 Å². The van der Waals surface area contributed by atoms with Crippen molar-refractivity contribution in [3.63, 3.8) is 0 Å². The maximum Gasteiger partial charge on any atom is 0.338 e. The quantitative estimate of drug-likeness (QED) is 0.199. The van der Waals surface area contributed by atoms with Gasteiger partial charge in [-0.2, -0.15) is 0 Å². The minimum Gasteiger partial charge on any atom is -0.458 e. The van der Waals surface area contributed by atoms with E-state index in [1.807, 2.05) is 13.0 Å². The summed E-state index contributed by atoms with van der Waals surface area (Å²) in [5, 5.41) is 10.3. The Morgan fingerprint density at radius 1 is 0.886 bits per heavy atom. The molecule has 1 N–H and O–H groups in total. The van der Waals surface area contributed by atoms with Gasteiger partial charge in [0.15, 0.2) is 6.10 Å². The number of hydrogen-bond donors (Lipinski definition) is 1. The van der Waals surface area contributed by atoms with E-state index in [9.17, 15) is 14.7 Å². The average Bonchev–Trinajstić information content (AvgIpc) is 2.88. The van der Waals surface area contributed by atoms with Crippen LogP contribution in [-0.2, 0) is 18.9 Å². The Kier molecular flexibility index (Phi) is 13.4. The molecule has 0 aliphatic heterocycles. The van der Waals surface area contributed by atoms with E-state index in [2.05, 4.69) is 6.92 Å². The molecule has 0 bridgehead atoms. The number of aliphatic hydroxyl groups excluding tert-OH is 1. The van der Waals surface area contributed by atoms with Crippen LogP contribution in [0.5, 0.6) is 0 Å². The highest BCUT2D eigenvalue weighted by atomic mass is 32.2. The molecule has 1 unspecified atom stereocenters. The van der Waals surface area contributed by atoms with Crippen LogP contribution in [0.15, 0.2) is 60.7 Å². The Morgan fingerprint density at radius 3 is 2.03 bits per heavy atom. The molecule has 0 radical (unpaired) electrons. The van der Waals surface area contributed by atoms with E-state index in [1.165, 1.54) is 11.8 Å². The van der Waals surface area contributed by atoms with Crippen LogP contribution in [0.2, 0.25) is 0 Å². The molecular weight excluding hydrogens is 468 g/mol. The summed E-state index contributed by atoms with van der Waals surface area (Å²) in [4.78, 5) is 25.4. The van der Waals surface area contributed by atoms with Crippen LogP contribution in [0.1, 0.15) is 54.3 Å². The molecule has 0 aliphatic carbocycles. The topological polar surface area (TPSA) is 91.3 Å². The number of carbonyl (C=O) groups excluding carboxylic acids is 2. The number of unbranched alkanes of at least 4 members (excludes halogenated alkanes) is 1. The zero-order valence-electron chi connectivity index (χ0n) is 20.6. The monoisotopic (exact) mass is 504 g/mol. The first kappa shape index (κ1) is 28.8. The molecule has 2 rings (SSSR count). The van der Waals surface area contributed by atoms with Gasteiger partial charge in [-0.05, 0) is 43.4 Å². The molecule has 0 saturated heterocycles. The molecule has 7 nitrogen and oxygen atoms in total. The lowest BCUT2D eigenvalue weighted by atomic mass is 10.2. The molecule has 0 aromatic heterocycles. The molecule has 192 valence electrons. The van der Waals surface area contributed by atoms with Crippen molar-refractivity contribution in [2.45, 2.75) is 57.4 Å². The lowest BCUT2D eigenvalue weighted by Crippen LogP contribution is -2.42. The zero-order chi connectivity index (χ0) is 25.5. The van der Waals surface area contributed by atoms with Gasteiger partial charge < -0.3 is 24.1 Å². The van der Waals surface area contributed by atoms with Crippen LogP contribution >= 0.6 is 11.8 Å². The fourth-order valence-electron chi connectivity index (χ4n) is 3.07. The van der Waals surface area contributed by atoms with Gasteiger partial charge in [-0.25, -0.2) is 9.59 Å². The van der Waals surface area contributed by atoms with Crippen LogP contribution < -0.4 is 0 Å². The number of carbonyl (C=O) groups is 2. The van der Waals surface area contributed by atoms with E-state index in [1.54, 1.807) is 61.5 Å². The molecule has 8 heteroatoms. The minimum atomic E-state index is -0.905. The summed E-state index contributed by atoms with van der Waals surface area (Å²) >= 11 is 1.40. The number of esters is 2. The normalized spacial score (nSPS) is 14.5. The fourth-order valence-corrected chi connectivity index (χ4v) is 3.97. The van der Waals surface area contributed by atoms with Crippen molar-refractivity contribution >= 4 is 23.7 Å². The van der Waals surface area contributed by atoms with Crippen molar-refractivity contribution in [1.29, 1.82) is 0 Å². The number of rotatable bonds is 16. The lowest BCUT2D eigenvalue weighted by Gasteiger charge is -2.31. The third-order valence-corrected chi connectivity index (χ3v) is 6.14. The van der Waals surface area contributed by atoms with Gasteiger partial charge in [0.25, 0.3) is 0 Å². The van der Waals surface area contributed by atoms with Gasteiger partial charge in [-0.15, -0.1) is 11.8 Å². The molecule has 0 fully saturated rings. The standard InChI is InChI=1S/C27H36O7S/c1-4-6-17-31-18-23(20(3)28)34-27(35-5-2)24(33-26(30)22-15-11-8-12-16-22)19-32-25(29)21-13-9-7-10-14-21/h7-16,20,23-24,27-28H,4-6,17-19H2,1-3H3/t20-,23?,24-,27-/m0/s1. The van der Waals surface area contributed by atoms with E-state index >= 15 is 0 Å². The Labute approximate surface area is 212 Å². The molecule has 0 spiro atoms. The summed E-state index contributed by atoms with van der Waals surface area (Å²) in [6.07, 6.45) is -0.449. The van der Waals surface area contributed by atoms with Crippen molar-refractivity contribution in [2.75, 3.05) is 25.6 Å². The Morgan fingerprint density at radius 2 is 1.49 bits per heavy atom. The van der Waals surface area contributed by atoms with Crippen LogP contribution in [0.4, 0.5) is 0 Å². The van der Waals surface area contributed by atoms with Gasteiger partial charge in [0.1, 0.15) is 18.1 Å². The summed E-state index contributed by atoms with van der Waals surface area (Å²) in [7, 11) is 0. The van der Waals surface area contributed by atoms with Crippen molar-refractivity contribution in [3.8, 4) is 0 Å². The lowest BCUT2D eigenvalue weighted by molar-refractivity contribution is -0.116. The smallest absolute Gasteiger partial charge is 0.338 e. The molecule has 2 aromatic rings. The third kappa shape index (κ3) is 10.4. The largest absolute Gasteiger partial charge is 0.458 e. The molecule has 0 heterocycles. The van der Waals surface area contributed by atoms with Crippen LogP contribution in [0, 0.1) is 0 Å². The SMILES string of the molecule is CCCCOCC(O[C@@H](SCC)[C@H](COC(=O)c1ccccc1)OC(=O)c1ccccc1)[C@H](C)O. The van der Waals surface area contributed by atoms with Crippen LogP contribution in [-0.4, -0.2) is 66.4 Å². The second-order valence-electron chi connectivity index (χ2n) is 7.94. The fraction of sp³-hybridized carbons (Fsp3) is 0.481.